The van der Waals surface area contributed by atoms with Gasteiger partial charge in [-0.2, -0.15) is 5.10 Å². The van der Waals surface area contributed by atoms with Gasteiger partial charge in [0.05, 0.1) is 11.3 Å². The Labute approximate surface area is 127 Å². The van der Waals surface area contributed by atoms with Crippen molar-refractivity contribution >= 4 is 18.3 Å². The second-order valence-electron chi connectivity index (χ2n) is 5.38. The molecule has 1 saturated heterocycles. The van der Waals surface area contributed by atoms with Crippen molar-refractivity contribution in [3.63, 3.8) is 0 Å². The van der Waals surface area contributed by atoms with Gasteiger partial charge >= 0.3 is 0 Å². The lowest BCUT2D eigenvalue weighted by Crippen LogP contribution is -2.51. The quantitative estimate of drug-likeness (QED) is 0.925. The van der Waals surface area contributed by atoms with Crippen molar-refractivity contribution in [3.8, 4) is 0 Å². The third-order valence-corrected chi connectivity index (χ3v) is 3.69. The molecule has 1 aliphatic rings. The van der Waals surface area contributed by atoms with Crippen molar-refractivity contribution in [2.75, 3.05) is 19.6 Å². The van der Waals surface area contributed by atoms with Gasteiger partial charge in [0.1, 0.15) is 0 Å². The maximum absolute atomic E-state index is 12.6. The molecule has 1 aliphatic heterocycles. The molecule has 0 bridgehead atoms. The largest absolute Gasteiger partial charge is 0.336 e. The van der Waals surface area contributed by atoms with Gasteiger partial charge in [0.15, 0.2) is 0 Å². The molecular weight excluding hydrogens is 276 g/mol. The Hall–Kier alpha value is -1.07. The van der Waals surface area contributed by atoms with Crippen molar-refractivity contribution < 1.29 is 4.79 Å². The van der Waals surface area contributed by atoms with E-state index >= 15 is 0 Å². The van der Waals surface area contributed by atoms with E-state index in [4.69, 9.17) is 0 Å². The van der Waals surface area contributed by atoms with Crippen LogP contribution in [-0.4, -0.2) is 46.3 Å². The average molecular weight is 301 g/mol. The number of hydrogen-bond donors (Lipinski definition) is 1. The summed E-state index contributed by atoms with van der Waals surface area (Å²) in [6.07, 6.45) is 1.03. The van der Waals surface area contributed by atoms with Crippen LogP contribution in [0.15, 0.2) is 0 Å². The number of rotatable bonds is 3. The lowest BCUT2D eigenvalue weighted by molar-refractivity contribution is 0.0707. The molecule has 1 aromatic rings. The monoisotopic (exact) mass is 300 g/mol. The standard InChI is InChI=1S/C14H24N4O.ClH/c1-5-7-18-12(4)13(11(3)16-18)14(19)17-8-6-15-10(2)9-17;/h10,15H,5-9H2,1-4H3;1H. The number of aryl methyl sites for hydroxylation is 2. The third-order valence-electron chi connectivity index (χ3n) is 3.69. The molecule has 0 spiro atoms. The van der Waals surface area contributed by atoms with E-state index in [0.29, 0.717) is 6.04 Å². The highest BCUT2D eigenvalue weighted by molar-refractivity contribution is 5.96. The lowest BCUT2D eigenvalue weighted by Gasteiger charge is -2.32. The fourth-order valence-electron chi connectivity index (χ4n) is 2.71. The average Bonchev–Trinajstić information content (AvgIpc) is 2.64. The van der Waals surface area contributed by atoms with Crippen LogP contribution < -0.4 is 5.32 Å². The molecule has 1 aromatic heterocycles. The van der Waals surface area contributed by atoms with E-state index in [2.05, 4.69) is 24.3 Å². The molecule has 2 rings (SSSR count). The predicted octanol–water partition coefficient (Wildman–Crippen LogP) is 1.77. The molecule has 6 heteroatoms. The van der Waals surface area contributed by atoms with Gasteiger partial charge in [0, 0.05) is 37.9 Å². The van der Waals surface area contributed by atoms with E-state index in [0.717, 1.165) is 49.6 Å². The smallest absolute Gasteiger partial charge is 0.257 e. The summed E-state index contributed by atoms with van der Waals surface area (Å²) < 4.78 is 1.95. The minimum atomic E-state index is 0. The van der Waals surface area contributed by atoms with E-state index in [-0.39, 0.29) is 18.3 Å². The molecule has 114 valence electrons. The molecule has 2 heterocycles. The summed E-state index contributed by atoms with van der Waals surface area (Å²) in [5.41, 5.74) is 2.64. The van der Waals surface area contributed by atoms with Gasteiger partial charge in [-0.3, -0.25) is 9.48 Å². The molecule has 0 aromatic carbocycles. The molecule has 1 atom stereocenters. The first-order valence-corrected chi connectivity index (χ1v) is 7.11. The Morgan fingerprint density at radius 3 is 2.75 bits per heavy atom. The predicted molar refractivity (Wildman–Crippen MR) is 82.6 cm³/mol. The zero-order chi connectivity index (χ0) is 14.0. The van der Waals surface area contributed by atoms with Crippen molar-refractivity contribution in [1.29, 1.82) is 0 Å². The van der Waals surface area contributed by atoms with Crippen LogP contribution in [-0.2, 0) is 6.54 Å². The topological polar surface area (TPSA) is 50.2 Å². The summed E-state index contributed by atoms with van der Waals surface area (Å²) in [6, 6.07) is 0.365. The molecular formula is C14H25ClN4O. The van der Waals surface area contributed by atoms with Crippen LogP contribution in [0.2, 0.25) is 0 Å². The fraction of sp³-hybridized carbons (Fsp3) is 0.714. The van der Waals surface area contributed by atoms with E-state index in [1.807, 2.05) is 23.4 Å². The summed E-state index contributed by atoms with van der Waals surface area (Å²) in [7, 11) is 0. The number of halogens is 1. The van der Waals surface area contributed by atoms with Crippen molar-refractivity contribution in [2.24, 2.45) is 0 Å². The summed E-state index contributed by atoms with van der Waals surface area (Å²) in [4.78, 5) is 14.6. The SMILES string of the molecule is CCCn1nc(C)c(C(=O)N2CCNC(C)C2)c1C.Cl. The highest BCUT2D eigenvalue weighted by Crippen LogP contribution is 2.17. The number of aromatic nitrogens is 2. The van der Waals surface area contributed by atoms with Gasteiger partial charge in [0.2, 0.25) is 0 Å². The van der Waals surface area contributed by atoms with Gasteiger partial charge in [-0.25, -0.2) is 0 Å². The summed E-state index contributed by atoms with van der Waals surface area (Å²) >= 11 is 0. The van der Waals surface area contributed by atoms with Gasteiger partial charge in [-0.15, -0.1) is 12.4 Å². The number of hydrogen-bond acceptors (Lipinski definition) is 3. The highest BCUT2D eigenvalue weighted by atomic mass is 35.5. The number of carbonyl (C=O) groups is 1. The van der Waals surface area contributed by atoms with E-state index in [9.17, 15) is 4.79 Å². The summed E-state index contributed by atoms with van der Waals surface area (Å²) in [5.74, 6) is 0.130. The van der Waals surface area contributed by atoms with Crippen LogP contribution >= 0.6 is 12.4 Å². The van der Waals surface area contributed by atoms with Crippen LogP contribution in [0.25, 0.3) is 0 Å². The number of piperazine rings is 1. The Morgan fingerprint density at radius 1 is 1.45 bits per heavy atom. The minimum absolute atomic E-state index is 0. The molecule has 1 amide bonds. The number of amides is 1. The zero-order valence-electron chi connectivity index (χ0n) is 12.8. The molecule has 1 unspecified atom stereocenters. The Kier molecular flexibility index (Phi) is 6.02. The van der Waals surface area contributed by atoms with Crippen LogP contribution in [0.3, 0.4) is 0 Å². The van der Waals surface area contributed by atoms with Gasteiger partial charge in [-0.05, 0) is 27.2 Å². The van der Waals surface area contributed by atoms with Crippen molar-refractivity contribution in [3.05, 3.63) is 17.0 Å². The highest BCUT2D eigenvalue weighted by Gasteiger charge is 2.26. The summed E-state index contributed by atoms with van der Waals surface area (Å²) in [6.45, 7) is 11.5. The molecule has 0 radical (unpaired) electrons. The second kappa shape index (κ2) is 7.09. The Morgan fingerprint density at radius 2 is 2.15 bits per heavy atom. The molecule has 1 N–H and O–H groups in total. The van der Waals surface area contributed by atoms with Crippen molar-refractivity contribution in [2.45, 2.75) is 46.7 Å². The molecule has 20 heavy (non-hydrogen) atoms. The van der Waals surface area contributed by atoms with Gasteiger partial charge in [0.25, 0.3) is 5.91 Å². The number of carbonyl (C=O) groups excluding carboxylic acids is 1. The molecule has 1 fully saturated rings. The fourth-order valence-corrected chi connectivity index (χ4v) is 2.71. The van der Waals surface area contributed by atoms with E-state index in [1.165, 1.54) is 0 Å². The number of nitrogens with one attached hydrogen (secondary N) is 1. The lowest BCUT2D eigenvalue weighted by atomic mass is 10.1. The van der Waals surface area contributed by atoms with Crippen LogP contribution in [0.5, 0.6) is 0 Å². The number of nitrogens with zero attached hydrogens (tertiary/aromatic N) is 3. The maximum atomic E-state index is 12.6. The normalized spacial score (nSPS) is 18.8. The second-order valence-corrected chi connectivity index (χ2v) is 5.38. The third kappa shape index (κ3) is 3.33. The first-order valence-electron chi connectivity index (χ1n) is 7.11. The minimum Gasteiger partial charge on any atom is -0.336 e. The Bertz CT molecular complexity index is 472. The van der Waals surface area contributed by atoms with Crippen LogP contribution in [0.4, 0.5) is 0 Å². The van der Waals surface area contributed by atoms with E-state index < -0.39 is 0 Å². The molecule has 0 aliphatic carbocycles. The van der Waals surface area contributed by atoms with Crippen LogP contribution in [0.1, 0.15) is 42.0 Å². The molecule has 0 saturated carbocycles. The van der Waals surface area contributed by atoms with E-state index in [1.54, 1.807) is 0 Å². The van der Waals surface area contributed by atoms with Crippen LogP contribution in [0, 0.1) is 13.8 Å². The maximum Gasteiger partial charge on any atom is 0.257 e. The first-order chi connectivity index (χ1) is 9.04. The zero-order valence-corrected chi connectivity index (χ0v) is 13.6. The molecule has 5 nitrogen and oxygen atoms in total. The van der Waals surface area contributed by atoms with Gasteiger partial charge < -0.3 is 10.2 Å². The first kappa shape index (κ1) is 17.0. The Balaban J connectivity index is 0.00000200. The summed E-state index contributed by atoms with van der Waals surface area (Å²) in [5, 5.41) is 7.85. The van der Waals surface area contributed by atoms with Crippen molar-refractivity contribution in [1.82, 2.24) is 20.0 Å². The van der Waals surface area contributed by atoms with Gasteiger partial charge in [-0.1, -0.05) is 6.92 Å².